The zero-order valence-corrected chi connectivity index (χ0v) is 13.3. The lowest BCUT2D eigenvalue weighted by Gasteiger charge is -2.16. The van der Waals surface area contributed by atoms with Crippen LogP contribution in [0, 0.1) is 20.9 Å². The summed E-state index contributed by atoms with van der Waals surface area (Å²) in [6, 6.07) is 3.29. The number of benzene rings is 1. The number of anilines is 1. The Morgan fingerprint density at radius 3 is 2.50 bits per heavy atom. The first kappa shape index (κ1) is 17.1. The molecular formula is C14H11N5O7. The van der Waals surface area contributed by atoms with Crippen LogP contribution < -0.4 is 4.90 Å². The third kappa shape index (κ3) is 2.47. The first-order valence-electron chi connectivity index (χ1n) is 7.41. The second-order valence-electron chi connectivity index (χ2n) is 5.32. The zero-order valence-electron chi connectivity index (χ0n) is 13.3. The fourth-order valence-electron chi connectivity index (χ4n) is 2.81. The molecule has 0 radical (unpaired) electrons. The smallest absolute Gasteiger partial charge is 0.355 e. The van der Waals surface area contributed by atoms with Crippen molar-refractivity contribution in [1.29, 1.82) is 0 Å². The number of fused-ring (bicyclic) bond motifs is 1. The molecule has 1 saturated heterocycles. The lowest BCUT2D eigenvalue weighted by Crippen LogP contribution is -2.36. The maximum absolute atomic E-state index is 12.7. The molecule has 0 aromatic heterocycles. The molecule has 3 rings (SSSR count). The largest absolute Gasteiger partial charge is 0.461 e. The van der Waals surface area contributed by atoms with E-state index in [0.29, 0.717) is 5.12 Å². The van der Waals surface area contributed by atoms with Crippen LogP contribution in [-0.4, -0.2) is 46.2 Å². The molecule has 0 N–H and O–H groups in total. The topological polar surface area (TPSA) is 152 Å². The Morgan fingerprint density at radius 1 is 1.31 bits per heavy atom. The van der Waals surface area contributed by atoms with E-state index >= 15 is 0 Å². The maximum atomic E-state index is 12.7. The van der Waals surface area contributed by atoms with Crippen molar-refractivity contribution in [3.8, 4) is 0 Å². The summed E-state index contributed by atoms with van der Waals surface area (Å²) in [6.45, 7) is 1.56. The predicted molar refractivity (Wildman–Crippen MR) is 84.6 cm³/mol. The molecule has 0 bridgehead atoms. The Kier molecular flexibility index (Phi) is 4.16. The molecule has 134 valence electrons. The number of imide groups is 1. The molecule has 0 saturated carbocycles. The number of nitro benzene ring substituents is 1. The molecule has 1 aromatic carbocycles. The SMILES string of the molecule is CCOC(=O)C1=NN(N=O)C2C(=O)N(c3ccc([N+](=O)[O-])cc3)C(=O)C12. The number of nitro groups is 1. The van der Waals surface area contributed by atoms with Crippen molar-refractivity contribution < 1.29 is 24.0 Å². The Hall–Kier alpha value is -3.70. The van der Waals surface area contributed by atoms with Crippen molar-refractivity contribution in [3.05, 3.63) is 39.3 Å². The highest BCUT2D eigenvalue weighted by Crippen LogP contribution is 2.35. The number of nitroso groups, excluding NO2 is 1. The number of ether oxygens (including phenoxy) is 1. The van der Waals surface area contributed by atoms with E-state index in [1.807, 2.05) is 0 Å². The number of carbonyl (C=O) groups is 3. The van der Waals surface area contributed by atoms with Crippen LogP contribution in [0.4, 0.5) is 11.4 Å². The van der Waals surface area contributed by atoms with Crippen LogP contribution in [0.15, 0.2) is 34.7 Å². The van der Waals surface area contributed by atoms with Gasteiger partial charge in [0.2, 0.25) is 5.91 Å². The molecule has 1 fully saturated rings. The fourth-order valence-corrected chi connectivity index (χ4v) is 2.81. The van der Waals surface area contributed by atoms with Crippen molar-refractivity contribution in [3.63, 3.8) is 0 Å². The molecule has 0 spiro atoms. The number of non-ortho nitro benzene ring substituents is 1. The Balaban J connectivity index is 1.97. The number of carbonyl (C=O) groups excluding carboxylic acids is 3. The van der Waals surface area contributed by atoms with E-state index in [1.54, 1.807) is 6.92 Å². The van der Waals surface area contributed by atoms with E-state index < -0.39 is 34.7 Å². The van der Waals surface area contributed by atoms with E-state index in [2.05, 4.69) is 10.4 Å². The van der Waals surface area contributed by atoms with E-state index in [-0.39, 0.29) is 23.7 Å². The molecule has 2 aliphatic heterocycles. The Labute approximate surface area is 145 Å². The molecule has 1 aromatic rings. The van der Waals surface area contributed by atoms with E-state index in [1.165, 1.54) is 12.1 Å². The van der Waals surface area contributed by atoms with Gasteiger partial charge in [-0.15, -0.1) is 15.1 Å². The summed E-state index contributed by atoms with van der Waals surface area (Å²) >= 11 is 0. The third-order valence-corrected chi connectivity index (χ3v) is 3.92. The second-order valence-corrected chi connectivity index (χ2v) is 5.32. The van der Waals surface area contributed by atoms with E-state index in [4.69, 9.17) is 4.74 Å². The summed E-state index contributed by atoms with van der Waals surface area (Å²) in [7, 11) is 0. The van der Waals surface area contributed by atoms with Crippen LogP contribution in [0.3, 0.4) is 0 Å². The van der Waals surface area contributed by atoms with Gasteiger partial charge in [-0.05, 0) is 19.1 Å². The lowest BCUT2D eigenvalue weighted by atomic mass is 9.98. The van der Waals surface area contributed by atoms with Crippen LogP contribution in [-0.2, 0) is 19.1 Å². The van der Waals surface area contributed by atoms with Gasteiger partial charge >= 0.3 is 5.97 Å². The van der Waals surface area contributed by atoms with Crippen LogP contribution >= 0.6 is 0 Å². The number of esters is 1. The second kappa shape index (κ2) is 6.31. The standard InChI is InChI=1S/C14H11N5O7/c1-2-26-14(22)10-9-11(18(15-10)16-23)13(21)17(12(9)20)7-3-5-8(6-4-7)19(24)25/h3-6,9,11H,2H2,1H3. The Morgan fingerprint density at radius 2 is 1.96 bits per heavy atom. The van der Waals surface area contributed by atoms with Crippen molar-refractivity contribution in [2.75, 3.05) is 11.5 Å². The highest BCUT2D eigenvalue weighted by atomic mass is 16.6. The minimum absolute atomic E-state index is 0.0119. The summed E-state index contributed by atoms with van der Waals surface area (Å²) in [5.41, 5.74) is -0.550. The highest BCUT2D eigenvalue weighted by molar-refractivity contribution is 6.46. The fraction of sp³-hybridized carbons (Fsp3) is 0.286. The molecule has 2 heterocycles. The average molecular weight is 361 g/mol. The molecule has 12 heteroatoms. The van der Waals surface area contributed by atoms with Crippen molar-refractivity contribution in [2.45, 2.75) is 13.0 Å². The van der Waals surface area contributed by atoms with Crippen molar-refractivity contribution in [2.24, 2.45) is 16.3 Å². The highest BCUT2D eigenvalue weighted by Gasteiger charge is 2.59. The minimum atomic E-state index is -1.39. The normalized spacial score (nSPS) is 21.5. The number of hydrogen-bond acceptors (Lipinski definition) is 9. The average Bonchev–Trinajstić information content (AvgIpc) is 3.12. The van der Waals surface area contributed by atoms with Crippen LogP contribution in [0.5, 0.6) is 0 Å². The summed E-state index contributed by atoms with van der Waals surface area (Å²) < 4.78 is 4.80. The molecule has 12 nitrogen and oxygen atoms in total. The zero-order chi connectivity index (χ0) is 19.0. The van der Waals surface area contributed by atoms with Crippen LogP contribution in [0.2, 0.25) is 0 Å². The summed E-state index contributed by atoms with van der Waals surface area (Å²) in [5, 5.41) is 17.4. The minimum Gasteiger partial charge on any atom is -0.461 e. The molecule has 2 aliphatic rings. The van der Waals surface area contributed by atoms with Gasteiger partial charge in [-0.3, -0.25) is 19.7 Å². The number of hydrogen-bond donors (Lipinski definition) is 0. The number of rotatable bonds is 5. The van der Waals surface area contributed by atoms with Gasteiger partial charge < -0.3 is 4.74 Å². The van der Waals surface area contributed by atoms with Gasteiger partial charge in [0.05, 0.1) is 22.5 Å². The Bertz CT molecular complexity index is 850. The maximum Gasteiger partial charge on any atom is 0.355 e. The lowest BCUT2D eigenvalue weighted by molar-refractivity contribution is -0.384. The molecule has 0 aliphatic carbocycles. The van der Waals surface area contributed by atoms with Gasteiger partial charge in [0.25, 0.3) is 11.6 Å². The molecule has 2 atom stereocenters. The molecular weight excluding hydrogens is 350 g/mol. The van der Waals surface area contributed by atoms with Crippen LogP contribution in [0.25, 0.3) is 0 Å². The quantitative estimate of drug-likeness (QED) is 0.240. The van der Waals surface area contributed by atoms with Gasteiger partial charge in [-0.1, -0.05) is 0 Å². The van der Waals surface area contributed by atoms with Gasteiger partial charge in [0.15, 0.2) is 11.8 Å². The third-order valence-electron chi connectivity index (χ3n) is 3.92. The number of nitrogens with zero attached hydrogens (tertiary/aromatic N) is 5. The monoisotopic (exact) mass is 361 g/mol. The first-order valence-corrected chi connectivity index (χ1v) is 7.41. The van der Waals surface area contributed by atoms with E-state index in [0.717, 1.165) is 17.0 Å². The van der Waals surface area contributed by atoms with Crippen LogP contribution in [0.1, 0.15) is 6.92 Å². The van der Waals surface area contributed by atoms with Gasteiger partial charge in [0, 0.05) is 12.1 Å². The summed E-state index contributed by atoms with van der Waals surface area (Å²) in [4.78, 5) is 59.1. The van der Waals surface area contributed by atoms with Crippen molar-refractivity contribution >= 4 is 34.9 Å². The molecule has 2 amide bonds. The van der Waals surface area contributed by atoms with E-state index in [9.17, 15) is 29.4 Å². The van der Waals surface area contributed by atoms with Gasteiger partial charge in [-0.2, -0.15) is 0 Å². The number of hydrazone groups is 1. The summed E-state index contributed by atoms with van der Waals surface area (Å²) in [6.07, 6.45) is 0. The predicted octanol–water partition coefficient (Wildman–Crippen LogP) is 0.369. The van der Waals surface area contributed by atoms with Crippen molar-refractivity contribution in [1.82, 2.24) is 5.12 Å². The summed E-state index contributed by atoms with van der Waals surface area (Å²) in [5.74, 6) is -3.89. The first-order chi connectivity index (χ1) is 12.4. The molecule has 2 unspecified atom stereocenters. The molecule has 26 heavy (non-hydrogen) atoms. The van der Waals surface area contributed by atoms with Gasteiger partial charge in [-0.25, -0.2) is 9.69 Å². The van der Waals surface area contributed by atoms with Gasteiger partial charge in [0.1, 0.15) is 5.92 Å². The number of amides is 2.